The van der Waals surface area contributed by atoms with Crippen molar-refractivity contribution in [1.82, 2.24) is 0 Å². The zero-order valence-electron chi connectivity index (χ0n) is 9.83. The zero-order chi connectivity index (χ0) is 11.3. The van der Waals surface area contributed by atoms with Crippen molar-refractivity contribution in [1.29, 1.82) is 0 Å². The number of hydrogen-bond acceptors (Lipinski definition) is 2. The molecule has 0 fully saturated rings. The summed E-state index contributed by atoms with van der Waals surface area (Å²) in [6, 6.07) is 8.39. The molecule has 0 saturated carbocycles. The molecule has 0 spiro atoms. The fourth-order valence-corrected chi connectivity index (χ4v) is 1.37. The summed E-state index contributed by atoms with van der Waals surface area (Å²) in [5.41, 5.74) is 2.42. The first kappa shape index (κ1) is 12.1. The summed E-state index contributed by atoms with van der Waals surface area (Å²) in [5.74, 6) is 0.570. The number of nitrogens with one attached hydrogen (secondary N) is 1. The molecule has 0 aliphatic rings. The summed E-state index contributed by atoms with van der Waals surface area (Å²) in [6.07, 6.45) is 0.534. The third-order valence-corrected chi connectivity index (χ3v) is 2.59. The van der Waals surface area contributed by atoms with Gasteiger partial charge in [0.2, 0.25) is 0 Å². The van der Waals surface area contributed by atoms with E-state index in [4.69, 9.17) is 0 Å². The van der Waals surface area contributed by atoms with Gasteiger partial charge in [0.1, 0.15) is 0 Å². The van der Waals surface area contributed by atoms with Crippen molar-refractivity contribution in [2.75, 3.05) is 11.9 Å². The minimum absolute atomic E-state index is 0.255. The third kappa shape index (κ3) is 3.92. The number of hydrogen-bond donors (Lipinski definition) is 2. The number of benzene rings is 1. The maximum absolute atomic E-state index is 9.40. The Hall–Kier alpha value is -1.02. The van der Waals surface area contributed by atoms with E-state index in [0.717, 1.165) is 12.1 Å². The second-order valence-electron chi connectivity index (χ2n) is 4.22. The first-order valence-electron chi connectivity index (χ1n) is 5.65. The summed E-state index contributed by atoms with van der Waals surface area (Å²) in [5, 5.41) is 12.6. The molecule has 1 atom stereocenters. The molecule has 0 aromatic heterocycles. The average molecular weight is 207 g/mol. The fraction of sp³-hybridized carbons (Fsp3) is 0.538. The number of rotatable bonds is 5. The zero-order valence-corrected chi connectivity index (χ0v) is 9.83. The highest BCUT2D eigenvalue weighted by Crippen LogP contribution is 2.17. The lowest BCUT2D eigenvalue weighted by atomic mass is 10.0. The van der Waals surface area contributed by atoms with Crippen molar-refractivity contribution in [3.63, 3.8) is 0 Å². The van der Waals surface area contributed by atoms with Crippen LogP contribution >= 0.6 is 0 Å². The first-order valence-corrected chi connectivity index (χ1v) is 5.65. The lowest BCUT2D eigenvalue weighted by molar-refractivity contribution is 0.183. The summed E-state index contributed by atoms with van der Waals surface area (Å²) in [6.45, 7) is 6.97. The minimum atomic E-state index is -0.255. The first-order chi connectivity index (χ1) is 7.13. The summed E-state index contributed by atoms with van der Waals surface area (Å²) in [4.78, 5) is 0. The molecular formula is C13H21NO. The molecule has 84 valence electrons. The van der Waals surface area contributed by atoms with Crippen LogP contribution in [-0.4, -0.2) is 17.8 Å². The molecule has 0 saturated heterocycles. The van der Waals surface area contributed by atoms with Gasteiger partial charge in [0.25, 0.3) is 0 Å². The van der Waals surface area contributed by atoms with E-state index in [9.17, 15) is 5.11 Å². The van der Waals surface area contributed by atoms with Crippen molar-refractivity contribution in [2.24, 2.45) is 0 Å². The molecule has 0 heterocycles. The van der Waals surface area contributed by atoms with Crippen LogP contribution in [0.1, 0.15) is 38.7 Å². The topological polar surface area (TPSA) is 32.3 Å². The summed E-state index contributed by atoms with van der Waals surface area (Å²) >= 11 is 0. The van der Waals surface area contributed by atoms with E-state index in [1.54, 1.807) is 0 Å². The third-order valence-electron chi connectivity index (χ3n) is 2.59. The number of aliphatic hydroxyl groups is 1. The average Bonchev–Trinajstić information content (AvgIpc) is 2.26. The Balaban J connectivity index is 2.50. The lowest BCUT2D eigenvalue weighted by Gasteiger charge is -2.11. The van der Waals surface area contributed by atoms with Gasteiger partial charge in [-0.15, -0.1) is 0 Å². The van der Waals surface area contributed by atoms with Crippen molar-refractivity contribution in [2.45, 2.75) is 39.2 Å². The molecule has 2 N–H and O–H groups in total. The van der Waals surface area contributed by atoms with Gasteiger partial charge >= 0.3 is 0 Å². The smallest absolute Gasteiger partial charge is 0.0709 e. The molecule has 1 rings (SSSR count). The SMILES string of the molecule is CCC(O)CNc1ccc(C(C)C)cc1. The van der Waals surface area contributed by atoms with Crippen LogP contribution in [0.15, 0.2) is 24.3 Å². The molecule has 0 bridgehead atoms. The van der Waals surface area contributed by atoms with Crippen LogP contribution in [0.3, 0.4) is 0 Å². The van der Waals surface area contributed by atoms with E-state index in [0.29, 0.717) is 12.5 Å². The van der Waals surface area contributed by atoms with Crippen LogP contribution in [0.4, 0.5) is 5.69 Å². The van der Waals surface area contributed by atoms with Gasteiger partial charge in [-0.3, -0.25) is 0 Å². The normalized spacial score (nSPS) is 12.9. The second kappa shape index (κ2) is 5.76. The lowest BCUT2D eigenvalue weighted by Crippen LogP contribution is -2.18. The van der Waals surface area contributed by atoms with E-state index in [2.05, 4.69) is 43.4 Å². The quantitative estimate of drug-likeness (QED) is 0.778. The van der Waals surface area contributed by atoms with Crippen LogP contribution in [0.2, 0.25) is 0 Å². The van der Waals surface area contributed by atoms with Crippen LogP contribution in [0.5, 0.6) is 0 Å². The van der Waals surface area contributed by atoms with E-state index >= 15 is 0 Å². The molecule has 0 aliphatic carbocycles. The van der Waals surface area contributed by atoms with Gasteiger partial charge in [-0.05, 0) is 30.0 Å². The standard InChI is InChI=1S/C13H21NO/c1-4-13(15)9-14-12-7-5-11(6-8-12)10(2)3/h5-8,10,13-15H,4,9H2,1-3H3. The largest absolute Gasteiger partial charge is 0.391 e. The van der Waals surface area contributed by atoms with Crippen LogP contribution in [0.25, 0.3) is 0 Å². The molecule has 1 unspecified atom stereocenters. The minimum Gasteiger partial charge on any atom is -0.391 e. The predicted octanol–water partition coefficient (Wildman–Crippen LogP) is 2.99. The van der Waals surface area contributed by atoms with Gasteiger partial charge in [0.05, 0.1) is 6.10 Å². The van der Waals surface area contributed by atoms with Crippen molar-refractivity contribution in [3.8, 4) is 0 Å². The van der Waals surface area contributed by atoms with Gasteiger partial charge in [0, 0.05) is 12.2 Å². The van der Waals surface area contributed by atoms with Crippen molar-refractivity contribution < 1.29 is 5.11 Å². The predicted molar refractivity (Wildman–Crippen MR) is 65.3 cm³/mol. The van der Waals surface area contributed by atoms with Crippen LogP contribution in [-0.2, 0) is 0 Å². The summed E-state index contributed by atoms with van der Waals surface area (Å²) in [7, 11) is 0. The van der Waals surface area contributed by atoms with Gasteiger partial charge < -0.3 is 10.4 Å². The second-order valence-corrected chi connectivity index (χ2v) is 4.22. The van der Waals surface area contributed by atoms with E-state index < -0.39 is 0 Å². The van der Waals surface area contributed by atoms with Crippen molar-refractivity contribution in [3.05, 3.63) is 29.8 Å². The van der Waals surface area contributed by atoms with Gasteiger partial charge in [-0.1, -0.05) is 32.9 Å². The van der Waals surface area contributed by atoms with E-state index in [-0.39, 0.29) is 6.10 Å². The Kier molecular flexibility index (Phi) is 4.63. The Morgan fingerprint density at radius 2 is 1.80 bits per heavy atom. The maximum Gasteiger partial charge on any atom is 0.0709 e. The Morgan fingerprint density at radius 3 is 2.27 bits per heavy atom. The van der Waals surface area contributed by atoms with Crippen LogP contribution < -0.4 is 5.32 Å². The Labute approximate surface area is 92.3 Å². The molecule has 15 heavy (non-hydrogen) atoms. The molecule has 1 aromatic carbocycles. The molecule has 0 radical (unpaired) electrons. The Morgan fingerprint density at radius 1 is 1.20 bits per heavy atom. The van der Waals surface area contributed by atoms with Gasteiger partial charge in [-0.2, -0.15) is 0 Å². The molecule has 2 heteroatoms. The van der Waals surface area contributed by atoms with E-state index in [1.165, 1.54) is 5.56 Å². The summed E-state index contributed by atoms with van der Waals surface area (Å²) < 4.78 is 0. The van der Waals surface area contributed by atoms with Gasteiger partial charge in [-0.25, -0.2) is 0 Å². The molecule has 2 nitrogen and oxygen atoms in total. The van der Waals surface area contributed by atoms with Crippen molar-refractivity contribution >= 4 is 5.69 Å². The maximum atomic E-state index is 9.40. The molecule has 0 aliphatic heterocycles. The highest BCUT2D eigenvalue weighted by atomic mass is 16.3. The molecule has 1 aromatic rings. The van der Waals surface area contributed by atoms with Crippen LogP contribution in [0, 0.1) is 0 Å². The molecular weight excluding hydrogens is 186 g/mol. The highest BCUT2D eigenvalue weighted by Gasteiger charge is 2.01. The highest BCUT2D eigenvalue weighted by molar-refractivity contribution is 5.45. The number of anilines is 1. The van der Waals surface area contributed by atoms with E-state index in [1.807, 2.05) is 6.92 Å². The Bertz CT molecular complexity index is 279. The molecule has 0 amide bonds. The number of aliphatic hydroxyl groups excluding tert-OH is 1. The fourth-order valence-electron chi connectivity index (χ4n) is 1.37. The van der Waals surface area contributed by atoms with Gasteiger partial charge in [0.15, 0.2) is 0 Å². The monoisotopic (exact) mass is 207 g/mol.